The lowest BCUT2D eigenvalue weighted by atomic mass is 9.88. The minimum absolute atomic E-state index is 0.119. The molecule has 1 aliphatic heterocycles. The molecule has 3 aromatic carbocycles. The number of fused-ring (bicyclic) bond motifs is 1. The van der Waals surface area contributed by atoms with Crippen LogP contribution in [0.25, 0.3) is 0 Å². The Morgan fingerprint density at radius 3 is 2.39 bits per heavy atom. The van der Waals surface area contributed by atoms with Gasteiger partial charge in [0.05, 0.1) is 17.7 Å². The van der Waals surface area contributed by atoms with Crippen molar-refractivity contribution in [3.8, 4) is 6.07 Å². The highest BCUT2D eigenvalue weighted by Gasteiger charge is 2.33. The summed E-state index contributed by atoms with van der Waals surface area (Å²) in [5.74, 6) is -0.119. The summed E-state index contributed by atoms with van der Waals surface area (Å²) in [6, 6.07) is 20.9. The fraction of sp³-hybridized carbons (Fsp3) is 0.222. The monoisotopic (exact) mass is 501 g/mol. The molecule has 0 saturated carbocycles. The Bertz CT molecular complexity index is 1330. The second-order valence-electron chi connectivity index (χ2n) is 8.52. The molecule has 2 atom stereocenters. The molecule has 184 valence electrons. The number of hydrogen-bond donors (Lipinski definition) is 3. The number of carbonyl (C=O) groups is 2. The standard InChI is InChI=1S/C27H27N5O3S/c1-36(35)23-11-9-21(10-12-23)30-27(34)31-22-8-7-20-15-25(19-5-3-18(17-29)4-6-19)32(14-2-13-28)26(33)24(20)16-22/h3-12,16,25H,2,13-15,28H2,1H3,(H2,30,31,34)/t25-,36?/m1/s1. The van der Waals surface area contributed by atoms with Gasteiger partial charge in [-0.15, -0.1) is 0 Å². The molecule has 1 aliphatic rings. The van der Waals surface area contributed by atoms with Gasteiger partial charge in [-0.05, 0) is 79.0 Å². The molecule has 1 unspecified atom stereocenters. The van der Waals surface area contributed by atoms with E-state index in [0.29, 0.717) is 53.3 Å². The molecule has 3 aromatic rings. The van der Waals surface area contributed by atoms with Crippen molar-refractivity contribution in [3.63, 3.8) is 0 Å². The molecule has 0 saturated heterocycles. The van der Waals surface area contributed by atoms with Crippen LogP contribution < -0.4 is 16.4 Å². The van der Waals surface area contributed by atoms with Crippen molar-refractivity contribution in [1.29, 1.82) is 5.26 Å². The van der Waals surface area contributed by atoms with Crippen molar-refractivity contribution >= 4 is 34.1 Å². The summed E-state index contributed by atoms with van der Waals surface area (Å²) in [5.41, 5.74) is 9.77. The van der Waals surface area contributed by atoms with Gasteiger partial charge in [0.1, 0.15) is 0 Å². The first-order valence-electron chi connectivity index (χ1n) is 11.5. The molecule has 0 aliphatic carbocycles. The molecule has 1 heterocycles. The van der Waals surface area contributed by atoms with Gasteiger partial charge >= 0.3 is 6.03 Å². The number of amides is 3. The summed E-state index contributed by atoms with van der Waals surface area (Å²) in [5, 5.41) is 14.6. The zero-order valence-electron chi connectivity index (χ0n) is 19.9. The third-order valence-corrected chi connectivity index (χ3v) is 7.06. The van der Waals surface area contributed by atoms with Crippen LogP contribution in [0.1, 0.15) is 39.5 Å². The zero-order valence-corrected chi connectivity index (χ0v) is 20.7. The predicted molar refractivity (Wildman–Crippen MR) is 140 cm³/mol. The maximum Gasteiger partial charge on any atom is 0.323 e. The number of nitrogens with one attached hydrogen (secondary N) is 2. The molecular formula is C27H27N5O3S. The van der Waals surface area contributed by atoms with Crippen LogP contribution in [0.4, 0.5) is 16.2 Å². The predicted octanol–water partition coefficient (Wildman–Crippen LogP) is 4.03. The van der Waals surface area contributed by atoms with E-state index in [1.807, 2.05) is 23.1 Å². The lowest BCUT2D eigenvalue weighted by Crippen LogP contribution is -2.41. The number of hydrogen-bond acceptors (Lipinski definition) is 5. The van der Waals surface area contributed by atoms with E-state index >= 15 is 0 Å². The Morgan fingerprint density at radius 2 is 1.75 bits per heavy atom. The van der Waals surface area contributed by atoms with Crippen molar-refractivity contribution in [2.75, 3.05) is 30.0 Å². The molecular weight excluding hydrogens is 474 g/mol. The summed E-state index contributed by atoms with van der Waals surface area (Å²) >= 11 is 0. The van der Waals surface area contributed by atoms with E-state index in [9.17, 15) is 13.8 Å². The van der Waals surface area contributed by atoms with Gasteiger partial charge in [0.15, 0.2) is 0 Å². The zero-order chi connectivity index (χ0) is 25.7. The number of anilines is 2. The molecule has 9 heteroatoms. The quantitative estimate of drug-likeness (QED) is 0.450. The average Bonchev–Trinajstić information content (AvgIpc) is 2.88. The molecule has 4 N–H and O–H groups in total. The smallest absolute Gasteiger partial charge is 0.323 e. The van der Waals surface area contributed by atoms with Gasteiger partial charge in [-0.3, -0.25) is 9.00 Å². The minimum Gasteiger partial charge on any atom is -0.331 e. The van der Waals surface area contributed by atoms with Gasteiger partial charge in [0.25, 0.3) is 5.91 Å². The lowest BCUT2D eigenvalue weighted by molar-refractivity contribution is 0.0646. The fourth-order valence-corrected chi connectivity index (χ4v) is 4.79. The third kappa shape index (κ3) is 5.62. The van der Waals surface area contributed by atoms with E-state index in [0.717, 1.165) is 11.1 Å². The normalized spacial score (nSPS) is 15.5. The Labute approximate surface area is 212 Å². The Kier molecular flexibility index (Phi) is 7.78. The van der Waals surface area contributed by atoms with E-state index in [-0.39, 0.29) is 11.9 Å². The van der Waals surface area contributed by atoms with Crippen molar-refractivity contribution in [2.45, 2.75) is 23.8 Å². The lowest BCUT2D eigenvalue weighted by Gasteiger charge is -2.37. The largest absolute Gasteiger partial charge is 0.331 e. The van der Waals surface area contributed by atoms with E-state index < -0.39 is 16.8 Å². The molecule has 0 fully saturated rings. The van der Waals surface area contributed by atoms with Gasteiger partial charge < -0.3 is 21.3 Å². The Balaban J connectivity index is 1.53. The van der Waals surface area contributed by atoms with Crippen LogP contribution in [0.2, 0.25) is 0 Å². The highest BCUT2D eigenvalue weighted by atomic mass is 32.2. The molecule has 0 bridgehead atoms. The SMILES string of the molecule is CS(=O)c1ccc(NC(=O)Nc2ccc3c(c2)C(=O)N(CCCN)[C@@H](c2ccc(C#N)cc2)C3)cc1. The molecule has 8 nitrogen and oxygen atoms in total. The average molecular weight is 502 g/mol. The number of nitrogens with two attached hydrogens (primary N) is 1. The first-order chi connectivity index (χ1) is 17.4. The first-order valence-corrected chi connectivity index (χ1v) is 13.1. The summed E-state index contributed by atoms with van der Waals surface area (Å²) in [4.78, 5) is 28.5. The molecule has 0 aromatic heterocycles. The first kappa shape index (κ1) is 25.1. The minimum atomic E-state index is -1.09. The van der Waals surface area contributed by atoms with Crippen LogP contribution in [-0.4, -0.2) is 40.4 Å². The van der Waals surface area contributed by atoms with Crippen molar-refractivity contribution < 1.29 is 13.8 Å². The maximum atomic E-state index is 13.5. The topological polar surface area (TPSA) is 128 Å². The van der Waals surface area contributed by atoms with Crippen LogP contribution in [-0.2, 0) is 17.2 Å². The third-order valence-electron chi connectivity index (χ3n) is 6.12. The number of urea groups is 1. The number of nitrogens with zero attached hydrogens (tertiary/aromatic N) is 2. The highest BCUT2D eigenvalue weighted by Crippen LogP contribution is 2.34. The van der Waals surface area contributed by atoms with Gasteiger partial charge in [0, 0.05) is 45.4 Å². The van der Waals surface area contributed by atoms with Crippen LogP contribution in [0.3, 0.4) is 0 Å². The van der Waals surface area contributed by atoms with Gasteiger partial charge in [0.2, 0.25) is 0 Å². The summed E-state index contributed by atoms with van der Waals surface area (Å²) in [6.45, 7) is 0.976. The Morgan fingerprint density at radius 1 is 1.08 bits per heavy atom. The van der Waals surface area contributed by atoms with Crippen LogP contribution >= 0.6 is 0 Å². The Hall–Kier alpha value is -4.00. The summed E-state index contributed by atoms with van der Waals surface area (Å²) in [7, 11) is -1.09. The number of benzene rings is 3. The van der Waals surface area contributed by atoms with Crippen molar-refractivity contribution in [3.05, 3.63) is 89.0 Å². The van der Waals surface area contributed by atoms with Crippen molar-refractivity contribution in [1.82, 2.24) is 4.90 Å². The van der Waals surface area contributed by atoms with Gasteiger partial charge in [-0.25, -0.2) is 4.79 Å². The van der Waals surface area contributed by atoms with E-state index in [4.69, 9.17) is 11.0 Å². The highest BCUT2D eigenvalue weighted by molar-refractivity contribution is 7.84. The second-order valence-corrected chi connectivity index (χ2v) is 9.90. The van der Waals surface area contributed by atoms with Crippen LogP contribution in [0.5, 0.6) is 0 Å². The van der Waals surface area contributed by atoms with E-state index in [2.05, 4.69) is 16.7 Å². The van der Waals surface area contributed by atoms with Gasteiger partial charge in [-0.2, -0.15) is 5.26 Å². The molecule has 3 amide bonds. The number of rotatable bonds is 7. The summed E-state index contributed by atoms with van der Waals surface area (Å²) in [6.07, 6.45) is 2.88. The van der Waals surface area contributed by atoms with E-state index in [1.54, 1.807) is 54.8 Å². The molecule has 36 heavy (non-hydrogen) atoms. The molecule has 4 rings (SSSR count). The van der Waals surface area contributed by atoms with Gasteiger partial charge in [-0.1, -0.05) is 18.2 Å². The molecule has 0 radical (unpaired) electrons. The van der Waals surface area contributed by atoms with Crippen LogP contribution in [0.15, 0.2) is 71.6 Å². The van der Waals surface area contributed by atoms with Crippen LogP contribution in [0, 0.1) is 11.3 Å². The maximum absolute atomic E-state index is 13.5. The fourth-order valence-electron chi connectivity index (χ4n) is 4.27. The number of carbonyl (C=O) groups excluding carboxylic acids is 2. The van der Waals surface area contributed by atoms with E-state index in [1.165, 1.54) is 0 Å². The molecule has 0 spiro atoms. The number of nitriles is 1. The second kappa shape index (κ2) is 11.2. The van der Waals surface area contributed by atoms with Crippen molar-refractivity contribution in [2.24, 2.45) is 5.73 Å². The summed E-state index contributed by atoms with van der Waals surface area (Å²) < 4.78 is 11.5.